The first-order valence-electron chi connectivity index (χ1n) is 7.27. The van der Waals surface area contributed by atoms with Crippen molar-refractivity contribution in [1.82, 2.24) is 0 Å². The van der Waals surface area contributed by atoms with E-state index >= 15 is 0 Å². The largest absolute Gasteiger partial charge is 0.416 e. The maximum atomic E-state index is 12.6. The zero-order valence-electron chi connectivity index (χ0n) is 13.3. The van der Waals surface area contributed by atoms with Gasteiger partial charge in [-0.2, -0.15) is 13.2 Å². The van der Waals surface area contributed by atoms with Crippen molar-refractivity contribution in [3.63, 3.8) is 0 Å². The van der Waals surface area contributed by atoms with Gasteiger partial charge in [-0.3, -0.25) is 0 Å². The number of alkyl halides is 3. The summed E-state index contributed by atoms with van der Waals surface area (Å²) in [7, 11) is -1.10. The molecule has 0 unspecified atom stereocenters. The standard InChI is InChI=1S/C15H23F3O3Si/c1-10(2)19-14(20-11(3)4)21-22-9-12-6-5-7-13(8-12)15(16,17)18/h5-8,10-11,14H,9,22H2,1-4H3. The lowest BCUT2D eigenvalue weighted by Crippen LogP contribution is -2.29. The summed E-state index contributed by atoms with van der Waals surface area (Å²) in [5.41, 5.74) is -0.0123. The molecule has 0 radical (unpaired) electrons. The van der Waals surface area contributed by atoms with Gasteiger partial charge in [0.1, 0.15) is 0 Å². The van der Waals surface area contributed by atoms with Crippen LogP contribution in [0.2, 0.25) is 0 Å². The molecule has 0 spiro atoms. The van der Waals surface area contributed by atoms with E-state index in [2.05, 4.69) is 0 Å². The summed E-state index contributed by atoms with van der Waals surface area (Å²) < 4.78 is 54.5. The zero-order chi connectivity index (χ0) is 16.8. The molecule has 0 aliphatic carbocycles. The number of benzene rings is 1. The molecule has 126 valence electrons. The molecule has 0 bridgehead atoms. The van der Waals surface area contributed by atoms with E-state index in [0.29, 0.717) is 11.6 Å². The molecule has 0 atom stereocenters. The Kier molecular flexibility index (Phi) is 7.54. The van der Waals surface area contributed by atoms with E-state index in [-0.39, 0.29) is 12.2 Å². The molecule has 0 saturated heterocycles. The molecule has 0 saturated carbocycles. The molecule has 0 N–H and O–H groups in total. The van der Waals surface area contributed by atoms with Crippen molar-refractivity contribution < 1.29 is 27.1 Å². The van der Waals surface area contributed by atoms with Crippen LogP contribution in [0.15, 0.2) is 24.3 Å². The molecule has 1 rings (SSSR count). The maximum Gasteiger partial charge on any atom is 0.416 e. The van der Waals surface area contributed by atoms with Crippen LogP contribution in [0, 0.1) is 0 Å². The van der Waals surface area contributed by atoms with Crippen LogP contribution >= 0.6 is 0 Å². The van der Waals surface area contributed by atoms with Crippen LogP contribution in [-0.4, -0.2) is 28.4 Å². The smallest absolute Gasteiger partial charge is 0.378 e. The van der Waals surface area contributed by atoms with Crippen molar-refractivity contribution in [3.05, 3.63) is 35.4 Å². The highest BCUT2D eigenvalue weighted by Crippen LogP contribution is 2.29. The number of hydrogen-bond acceptors (Lipinski definition) is 3. The third-order valence-corrected chi connectivity index (χ3v) is 3.95. The molecule has 7 heteroatoms. The van der Waals surface area contributed by atoms with E-state index in [9.17, 15) is 13.2 Å². The number of rotatable bonds is 8. The molecular weight excluding hydrogens is 313 g/mol. The summed E-state index contributed by atoms with van der Waals surface area (Å²) in [4.78, 5) is 0. The number of halogens is 3. The van der Waals surface area contributed by atoms with Crippen molar-refractivity contribution >= 4 is 9.76 Å². The molecule has 1 aromatic carbocycles. The summed E-state index contributed by atoms with van der Waals surface area (Å²) in [6, 6.07) is 5.81. The van der Waals surface area contributed by atoms with Gasteiger partial charge in [0.15, 0.2) is 9.76 Å². The van der Waals surface area contributed by atoms with Gasteiger partial charge in [0.05, 0.1) is 17.8 Å². The van der Waals surface area contributed by atoms with E-state index < -0.39 is 28.0 Å². The second-order valence-electron chi connectivity index (χ2n) is 5.48. The first-order chi connectivity index (χ1) is 10.2. The third kappa shape index (κ3) is 7.39. The van der Waals surface area contributed by atoms with E-state index in [1.807, 2.05) is 27.7 Å². The quantitative estimate of drug-likeness (QED) is 0.538. The fourth-order valence-electron chi connectivity index (χ4n) is 1.73. The molecule has 0 amide bonds. The van der Waals surface area contributed by atoms with Gasteiger partial charge >= 0.3 is 6.18 Å². The zero-order valence-corrected chi connectivity index (χ0v) is 14.7. The van der Waals surface area contributed by atoms with Crippen LogP contribution < -0.4 is 0 Å². The van der Waals surface area contributed by atoms with E-state index in [1.165, 1.54) is 6.07 Å². The van der Waals surface area contributed by atoms with Crippen molar-refractivity contribution in [1.29, 1.82) is 0 Å². The van der Waals surface area contributed by atoms with Crippen LogP contribution in [0.4, 0.5) is 13.2 Å². The van der Waals surface area contributed by atoms with Gasteiger partial charge in [-0.15, -0.1) is 0 Å². The maximum absolute atomic E-state index is 12.6. The van der Waals surface area contributed by atoms with Crippen molar-refractivity contribution in [2.45, 2.75) is 58.6 Å². The Balaban J connectivity index is 2.54. The summed E-state index contributed by atoms with van der Waals surface area (Å²) in [5, 5.41) is 0. The lowest BCUT2D eigenvalue weighted by atomic mass is 10.1. The molecule has 3 nitrogen and oxygen atoms in total. The van der Waals surface area contributed by atoms with Crippen LogP contribution in [0.3, 0.4) is 0 Å². The summed E-state index contributed by atoms with van der Waals surface area (Å²) in [5.74, 6) is 0. The average Bonchev–Trinajstić information content (AvgIpc) is 2.36. The highest BCUT2D eigenvalue weighted by molar-refractivity contribution is 6.26. The van der Waals surface area contributed by atoms with Crippen molar-refractivity contribution in [2.75, 3.05) is 0 Å². The molecule has 0 aliphatic rings. The lowest BCUT2D eigenvalue weighted by Gasteiger charge is -2.23. The van der Waals surface area contributed by atoms with Crippen molar-refractivity contribution in [3.8, 4) is 0 Å². The first-order valence-corrected chi connectivity index (χ1v) is 8.85. The van der Waals surface area contributed by atoms with Gasteiger partial charge in [0.2, 0.25) is 0 Å². The second kappa shape index (κ2) is 8.66. The molecule has 22 heavy (non-hydrogen) atoms. The van der Waals surface area contributed by atoms with Gasteiger partial charge in [0, 0.05) is 0 Å². The lowest BCUT2D eigenvalue weighted by molar-refractivity contribution is -0.275. The highest BCUT2D eigenvalue weighted by atomic mass is 28.2. The van der Waals surface area contributed by atoms with Gasteiger partial charge < -0.3 is 13.9 Å². The predicted octanol–water partition coefficient (Wildman–Crippen LogP) is 3.44. The Morgan fingerprint density at radius 1 is 1.05 bits per heavy atom. The van der Waals surface area contributed by atoms with Gasteiger partial charge in [-0.25, -0.2) is 0 Å². The van der Waals surface area contributed by atoms with Gasteiger partial charge in [-0.1, -0.05) is 18.2 Å². The third-order valence-electron chi connectivity index (χ3n) is 2.67. The highest BCUT2D eigenvalue weighted by Gasteiger charge is 2.30. The van der Waals surface area contributed by atoms with E-state index in [0.717, 1.165) is 12.1 Å². The van der Waals surface area contributed by atoms with Crippen molar-refractivity contribution in [2.24, 2.45) is 0 Å². The number of ether oxygens (including phenoxy) is 2. The van der Waals surface area contributed by atoms with Crippen LogP contribution in [0.1, 0.15) is 38.8 Å². The van der Waals surface area contributed by atoms with E-state index in [1.54, 1.807) is 6.07 Å². The molecular formula is C15H23F3O3Si. The SMILES string of the molecule is CC(C)OC(O[SiH2]Cc1cccc(C(F)(F)F)c1)OC(C)C. The predicted molar refractivity (Wildman–Crippen MR) is 81.0 cm³/mol. The molecule has 1 aromatic rings. The number of hydrogen-bond donors (Lipinski definition) is 0. The Morgan fingerprint density at radius 3 is 2.14 bits per heavy atom. The molecule has 0 aromatic heterocycles. The van der Waals surface area contributed by atoms with Crippen LogP contribution in [-0.2, 0) is 26.1 Å². The fraction of sp³-hybridized carbons (Fsp3) is 0.600. The monoisotopic (exact) mass is 336 g/mol. The summed E-state index contributed by atoms with van der Waals surface area (Å²) in [6.07, 6.45) is -4.42. The van der Waals surface area contributed by atoms with Gasteiger partial charge in [0.25, 0.3) is 6.48 Å². The Bertz CT molecular complexity index is 440. The van der Waals surface area contributed by atoms with Gasteiger partial charge in [-0.05, 0) is 45.4 Å². The fourth-order valence-corrected chi connectivity index (χ4v) is 2.75. The second-order valence-corrected chi connectivity index (χ2v) is 6.72. The topological polar surface area (TPSA) is 27.7 Å². The Labute approximate surface area is 131 Å². The Hall–Kier alpha value is -0.893. The summed E-state index contributed by atoms with van der Waals surface area (Å²) in [6.45, 7) is 6.73. The average molecular weight is 336 g/mol. The molecule has 0 heterocycles. The van der Waals surface area contributed by atoms with E-state index in [4.69, 9.17) is 13.9 Å². The summed E-state index contributed by atoms with van der Waals surface area (Å²) >= 11 is 0. The van der Waals surface area contributed by atoms with Crippen LogP contribution in [0.5, 0.6) is 0 Å². The first kappa shape index (κ1) is 19.2. The van der Waals surface area contributed by atoms with Crippen LogP contribution in [0.25, 0.3) is 0 Å². The molecule has 0 aliphatic heterocycles. The minimum Gasteiger partial charge on any atom is -0.378 e. The normalized spacial score (nSPS) is 13.2. The minimum absolute atomic E-state index is 0.0497. The minimum atomic E-state index is -4.32. The molecule has 0 fully saturated rings. The Morgan fingerprint density at radius 2 is 1.64 bits per heavy atom.